The number of ether oxygens (including phenoxy) is 1. The number of carbonyl (C=O) groups is 2. The third-order valence-electron chi connectivity index (χ3n) is 2.74. The van der Waals surface area contributed by atoms with Crippen molar-refractivity contribution >= 4 is 40.6 Å². The number of rotatable bonds is 3. The van der Waals surface area contributed by atoms with Gasteiger partial charge in [-0.15, -0.1) is 0 Å². The standard InChI is InChI=1S/C13H13IN2O4/c1-3-20-10-6-7(4-8(14)11(10)17)5-9-12(18)16(2)13(19)15-9/h4-6,17H,3H2,1-2H3,(H,15,19)/b9-5+. The van der Waals surface area contributed by atoms with Crippen molar-refractivity contribution in [3.63, 3.8) is 0 Å². The van der Waals surface area contributed by atoms with Crippen LogP contribution in [0.25, 0.3) is 6.08 Å². The summed E-state index contributed by atoms with van der Waals surface area (Å²) in [5, 5.41) is 12.3. The summed E-state index contributed by atoms with van der Waals surface area (Å²) in [6, 6.07) is 2.86. The van der Waals surface area contributed by atoms with Crippen LogP contribution in [0.1, 0.15) is 12.5 Å². The van der Waals surface area contributed by atoms with Crippen LogP contribution in [0.5, 0.6) is 11.5 Å². The molecule has 1 fully saturated rings. The molecule has 1 saturated heterocycles. The average molecular weight is 388 g/mol. The van der Waals surface area contributed by atoms with Crippen LogP contribution in [-0.4, -0.2) is 35.6 Å². The predicted molar refractivity (Wildman–Crippen MR) is 81.3 cm³/mol. The molecular formula is C13H13IN2O4. The van der Waals surface area contributed by atoms with Crippen molar-refractivity contribution in [1.29, 1.82) is 0 Å². The molecule has 0 unspecified atom stereocenters. The highest BCUT2D eigenvalue weighted by atomic mass is 127. The van der Waals surface area contributed by atoms with Gasteiger partial charge in [-0.2, -0.15) is 0 Å². The summed E-state index contributed by atoms with van der Waals surface area (Å²) >= 11 is 1.97. The van der Waals surface area contributed by atoms with Crippen LogP contribution in [0.4, 0.5) is 4.79 Å². The van der Waals surface area contributed by atoms with Gasteiger partial charge in [-0.1, -0.05) is 0 Å². The monoisotopic (exact) mass is 388 g/mol. The molecule has 0 spiro atoms. The Kier molecular flexibility index (Phi) is 4.17. The van der Waals surface area contributed by atoms with Crippen LogP contribution in [0.3, 0.4) is 0 Å². The minimum atomic E-state index is -0.459. The Labute approximate surface area is 129 Å². The van der Waals surface area contributed by atoms with E-state index in [1.165, 1.54) is 7.05 Å². The number of phenolic OH excluding ortho intramolecular Hbond substituents is 1. The van der Waals surface area contributed by atoms with Crippen LogP contribution in [0.2, 0.25) is 0 Å². The minimum Gasteiger partial charge on any atom is -0.504 e. The number of phenols is 1. The molecule has 0 radical (unpaired) electrons. The molecule has 2 N–H and O–H groups in total. The summed E-state index contributed by atoms with van der Waals surface area (Å²) in [5.74, 6) is 0.0147. The van der Waals surface area contributed by atoms with Crippen molar-refractivity contribution in [2.24, 2.45) is 0 Å². The fourth-order valence-electron chi connectivity index (χ4n) is 1.73. The molecule has 1 aromatic carbocycles. The molecule has 6 nitrogen and oxygen atoms in total. The van der Waals surface area contributed by atoms with Gasteiger partial charge in [0, 0.05) is 7.05 Å². The molecule has 0 aliphatic carbocycles. The minimum absolute atomic E-state index is 0.0634. The van der Waals surface area contributed by atoms with Gasteiger partial charge in [0.05, 0.1) is 10.2 Å². The molecule has 2 rings (SSSR count). The Hall–Kier alpha value is -1.77. The lowest BCUT2D eigenvalue weighted by atomic mass is 10.1. The number of urea groups is 1. The van der Waals surface area contributed by atoms with Crippen molar-refractivity contribution < 1.29 is 19.4 Å². The van der Waals surface area contributed by atoms with Gasteiger partial charge >= 0.3 is 6.03 Å². The molecule has 3 amide bonds. The first kappa shape index (κ1) is 14.6. The summed E-state index contributed by atoms with van der Waals surface area (Å²) in [5.41, 5.74) is 0.857. The van der Waals surface area contributed by atoms with E-state index in [0.717, 1.165) is 4.90 Å². The number of likely N-dealkylation sites (N-methyl/N-ethyl adjacent to an activating group) is 1. The molecule has 1 aliphatic rings. The van der Waals surface area contributed by atoms with E-state index in [-0.39, 0.29) is 11.4 Å². The number of amides is 3. The van der Waals surface area contributed by atoms with E-state index in [1.54, 1.807) is 18.2 Å². The van der Waals surface area contributed by atoms with Crippen LogP contribution < -0.4 is 10.1 Å². The first-order valence-electron chi connectivity index (χ1n) is 5.90. The highest BCUT2D eigenvalue weighted by Crippen LogP contribution is 2.33. The van der Waals surface area contributed by atoms with Crippen molar-refractivity contribution in [2.45, 2.75) is 6.92 Å². The average Bonchev–Trinajstić information content (AvgIpc) is 2.63. The number of halogens is 1. The second kappa shape index (κ2) is 5.70. The van der Waals surface area contributed by atoms with Crippen molar-refractivity contribution in [3.05, 3.63) is 27.0 Å². The number of hydrogen-bond acceptors (Lipinski definition) is 4. The Morgan fingerprint density at radius 1 is 1.45 bits per heavy atom. The zero-order valence-corrected chi connectivity index (χ0v) is 13.1. The Morgan fingerprint density at radius 3 is 2.70 bits per heavy atom. The van der Waals surface area contributed by atoms with Crippen molar-refractivity contribution in [1.82, 2.24) is 10.2 Å². The van der Waals surface area contributed by atoms with E-state index >= 15 is 0 Å². The first-order valence-corrected chi connectivity index (χ1v) is 6.98. The Bertz CT molecular complexity index is 613. The van der Waals surface area contributed by atoms with Gasteiger partial charge in [0.1, 0.15) is 5.70 Å². The maximum atomic E-state index is 11.8. The van der Waals surface area contributed by atoms with Crippen LogP contribution in [0, 0.1) is 3.57 Å². The summed E-state index contributed by atoms with van der Waals surface area (Å²) in [6.45, 7) is 2.23. The van der Waals surface area contributed by atoms with E-state index < -0.39 is 11.9 Å². The molecule has 106 valence electrons. The Balaban J connectivity index is 2.39. The van der Waals surface area contributed by atoms with Gasteiger partial charge in [0.15, 0.2) is 11.5 Å². The zero-order valence-electron chi connectivity index (χ0n) is 10.9. The second-order valence-corrected chi connectivity index (χ2v) is 5.30. The maximum Gasteiger partial charge on any atom is 0.328 e. The number of aromatic hydroxyl groups is 1. The predicted octanol–water partition coefficient (Wildman–Crippen LogP) is 1.92. The third-order valence-corrected chi connectivity index (χ3v) is 3.57. The highest BCUT2D eigenvalue weighted by molar-refractivity contribution is 14.1. The summed E-state index contributed by atoms with van der Waals surface area (Å²) in [6.07, 6.45) is 1.55. The lowest BCUT2D eigenvalue weighted by molar-refractivity contribution is -0.121. The largest absolute Gasteiger partial charge is 0.504 e. The maximum absolute atomic E-state index is 11.8. The molecule has 0 bridgehead atoms. The molecular weight excluding hydrogens is 375 g/mol. The molecule has 1 aromatic rings. The number of nitrogens with zero attached hydrogens (tertiary/aromatic N) is 1. The molecule has 1 heterocycles. The number of hydrogen-bond donors (Lipinski definition) is 2. The Morgan fingerprint density at radius 2 is 2.15 bits per heavy atom. The highest BCUT2D eigenvalue weighted by Gasteiger charge is 2.30. The lowest BCUT2D eigenvalue weighted by Gasteiger charge is -2.09. The summed E-state index contributed by atoms with van der Waals surface area (Å²) in [4.78, 5) is 24.1. The third kappa shape index (κ3) is 2.72. The molecule has 7 heteroatoms. The molecule has 0 atom stereocenters. The fourth-order valence-corrected chi connectivity index (χ4v) is 2.36. The first-order chi connectivity index (χ1) is 9.43. The number of carbonyl (C=O) groups excluding carboxylic acids is 2. The summed E-state index contributed by atoms with van der Waals surface area (Å²) < 4.78 is 5.93. The quantitative estimate of drug-likeness (QED) is 0.471. The van der Waals surface area contributed by atoms with E-state index in [1.807, 2.05) is 29.5 Å². The lowest BCUT2D eigenvalue weighted by Crippen LogP contribution is -2.25. The van der Waals surface area contributed by atoms with Crippen molar-refractivity contribution in [3.8, 4) is 11.5 Å². The SMILES string of the molecule is CCOc1cc(/C=C2/NC(=O)N(C)C2=O)cc(I)c1O. The van der Waals surface area contributed by atoms with Gasteiger partial charge < -0.3 is 15.2 Å². The van der Waals surface area contributed by atoms with E-state index in [4.69, 9.17) is 4.74 Å². The van der Waals surface area contributed by atoms with Crippen LogP contribution >= 0.6 is 22.6 Å². The van der Waals surface area contributed by atoms with E-state index in [0.29, 0.717) is 21.5 Å². The zero-order chi connectivity index (χ0) is 14.9. The number of nitrogens with one attached hydrogen (secondary N) is 1. The smallest absolute Gasteiger partial charge is 0.328 e. The van der Waals surface area contributed by atoms with Gasteiger partial charge in [-0.3, -0.25) is 9.69 Å². The normalized spacial score (nSPS) is 16.8. The molecule has 0 aromatic heterocycles. The molecule has 20 heavy (non-hydrogen) atoms. The molecule has 1 aliphatic heterocycles. The fraction of sp³-hybridized carbons (Fsp3) is 0.231. The van der Waals surface area contributed by atoms with Gasteiger partial charge in [-0.25, -0.2) is 4.79 Å². The van der Waals surface area contributed by atoms with Gasteiger partial charge in [0.2, 0.25) is 0 Å². The second-order valence-electron chi connectivity index (χ2n) is 4.13. The van der Waals surface area contributed by atoms with Gasteiger partial charge in [-0.05, 0) is 53.3 Å². The van der Waals surface area contributed by atoms with E-state index in [9.17, 15) is 14.7 Å². The molecule has 0 saturated carbocycles. The summed E-state index contributed by atoms with van der Waals surface area (Å²) in [7, 11) is 1.41. The topological polar surface area (TPSA) is 78.9 Å². The number of benzene rings is 1. The van der Waals surface area contributed by atoms with Gasteiger partial charge in [0.25, 0.3) is 5.91 Å². The number of imide groups is 1. The van der Waals surface area contributed by atoms with E-state index in [2.05, 4.69) is 5.32 Å². The van der Waals surface area contributed by atoms with Crippen LogP contribution in [-0.2, 0) is 4.79 Å². The van der Waals surface area contributed by atoms with Crippen molar-refractivity contribution in [2.75, 3.05) is 13.7 Å². The van der Waals surface area contributed by atoms with Crippen LogP contribution in [0.15, 0.2) is 17.8 Å².